The summed E-state index contributed by atoms with van der Waals surface area (Å²) in [4.78, 5) is 4.05. The van der Waals surface area contributed by atoms with Gasteiger partial charge in [0.25, 0.3) is 0 Å². The molecule has 0 aliphatic carbocycles. The van der Waals surface area contributed by atoms with Crippen LogP contribution in [-0.4, -0.2) is 19.7 Å². The van der Waals surface area contributed by atoms with E-state index in [0.29, 0.717) is 0 Å². The quantitative estimate of drug-likeness (QED) is 0.910. The minimum atomic E-state index is 0.197. The third-order valence-electron chi connectivity index (χ3n) is 3.73. The molecule has 2 atom stereocenters. The zero-order valence-corrected chi connectivity index (χ0v) is 11.4. The van der Waals surface area contributed by atoms with Crippen molar-refractivity contribution >= 4 is 0 Å². The van der Waals surface area contributed by atoms with E-state index in [1.165, 1.54) is 12.0 Å². The van der Waals surface area contributed by atoms with Crippen molar-refractivity contribution in [3.63, 3.8) is 0 Å². The maximum Gasteiger partial charge on any atom is 0.149 e. The Bertz CT molecular complexity index is 548. The molecule has 3 heterocycles. The van der Waals surface area contributed by atoms with Gasteiger partial charge in [-0.1, -0.05) is 0 Å². The van der Waals surface area contributed by atoms with Gasteiger partial charge in [0, 0.05) is 31.4 Å². The predicted molar refractivity (Wildman–Crippen MR) is 72.5 cm³/mol. The van der Waals surface area contributed by atoms with Crippen LogP contribution in [0.3, 0.4) is 0 Å². The first-order valence-electron chi connectivity index (χ1n) is 6.83. The maximum atomic E-state index is 4.32. The largest absolute Gasteiger partial charge is 0.314 e. The average molecular weight is 257 g/mol. The summed E-state index contributed by atoms with van der Waals surface area (Å²) < 4.78 is 2.25. The molecular formula is C14H19N5. The van der Waals surface area contributed by atoms with Crippen LogP contribution in [0.4, 0.5) is 0 Å². The lowest BCUT2D eigenvalue weighted by atomic mass is 10.1. The molecule has 5 nitrogen and oxygen atoms in total. The predicted octanol–water partition coefficient (Wildman–Crippen LogP) is 2.03. The molecule has 1 aliphatic rings. The highest BCUT2D eigenvalue weighted by Crippen LogP contribution is 2.21. The van der Waals surface area contributed by atoms with Crippen molar-refractivity contribution in [1.82, 2.24) is 25.1 Å². The normalized spacial score (nSPS) is 17.2. The first kappa shape index (κ1) is 12.3. The number of aromatic nitrogens is 4. The van der Waals surface area contributed by atoms with E-state index >= 15 is 0 Å². The maximum absolute atomic E-state index is 4.32. The number of pyridine rings is 1. The summed E-state index contributed by atoms with van der Waals surface area (Å²) in [6.07, 6.45) is 5.89. The van der Waals surface area contributed by atoms with E-state index in [0.717, 1.165) is 24.6 Å². The fraction of sp³-hybridized carbons (Fsp3) is 0.500. The van der Waals surface area contributed by atoms with Gasteiger partial charge in [-0.3, -0.25) is 4.98 Å². The molecule has 2 aromatic heterocycles. The van der Waals surface area contributed by atoms with Gasteiger partial charge in [-0.2, -0.15) is 0 Å². The minimum absolute atomic E-state index is 0.197. The molecule has 0 radical (unpaired) electrons. The van der Waals surface area contributed by atoms with E-state index in [1.807, 2.05) is 24.5 Å². The molecule has 2 aromatic rings. The van der Waals surface area contributed by atoms with E-state index in [9.17, 15) is 0 Å². The van der Waals surface area contributed by atoms with Crippen molar-refractivity contribution in [2.75, 3.05) is 0 Å². The first-order valence-corrected chi connectivity index (χ1v) is 6.83. The monoisotopic (exact) mass is 257 g/mol. The molecule has 0 aromatic carbocycles. The Morgan fingerprint density at radius 2 is 1.95 bits per heavy atom. The van der Waals surface area contributed by atoms with Crippen LogP contribution < -0.4 is 5.32 Å². The van der Waals surface area contributed by atoms with Gasteiger partial charge in [0.2, 0.25) is 0 Å². The van der Waals surface area contributed by atoms with Crippen LogP contribution in [-0.2, 0) is 13.0 Å². The van der Waals surface area contributed by atoms with Gasteiger partial charge in [0.15, 0.2) is 0 Å². The smallest absolute Gasteiger partial charge is 0.149 e. The van der Waals surface area contributed by atoms with E-state index in [1.54, 1.807) is 0 Å². The summed E-state index contributed by atoms with van der Waals surface area (Å²) in [5.74, 6) is 2.17. The van der Waals surface area contributed by atoms with E-state index < -0.39 is 0 Å². The Balaban J connectivity index is 1.73. The van der Waals surface area contributed by atoms with Gasteiger partial charge >= 0.3 is 0 Å². The van der Waals surface area contributed by atoms with Crippen LogP contribution in [0.2, 0.25) is 0 Å². The van der Waals surface area contributed by atoms with Crippen LogP contribution >= 0.6 is 0 Å². The minimum Gasteiger partial charge on any atom is -0.314 e. The summed E-state index contributed by atoms with van der Waals surface area (Å²) in [6, 6.07) is 4.55. The molecule has 0 saturated heterocycles. The Labute approximate surface area is 113 Å². The third kappa shape index (κ3) is 2.38. The second kappa shape index (κ2) is 5.09. The molecular weight excluding hydrogens is 238 g/mol. The Morgan fingerprint density at radius 3 is 2.74 bits per heavy atom. The van der Waals surface area contributed by atoms with Crippen LogP contribution in [0.15, 0.2) is 24.5 Å². The molecule has 0 amide bonds. The lowest BCUT2D eigenvalue weighted by molar-refractivity contribution is 0.459. The standard InChI is InChI=1S/C14H19N5/c1-10(12-5-7-15-8-6-12)16-11(2)14-18-17-13-4-3-9-19(13)14/h5-8,10-11,16H,3-4,9H2,1-2H3. The molecule has 3 rings (SSSR count). The molecule has 1 aliphatic heterocycles. The second-order valence-corrected chi connectivity index (χ2v) is 5.12. The molecule has 19 heavy (non-hydrogen) atoms. The van der Waals surface area contributed by atoms with Gasteiger partial charge in [0.05, 0.1) is 6.04 Å². The fourth-order valence-electron chi connectivity index (χ4n) is 2.69. The summed E-state index contributed by atoms with van der Waals surface area (Å²) in [7, 11) is 0. The summed E-state index contributed by atoms with van der Waals surface area (Å²) in [5, 5.41) is 12.2. The molecule has 0 fully saturated rings. The number of nitrogens with zero attached hydrogens (tertiary/aromatic N) is 4. The molecule has 5 heteroatoms. The second-order valence-electron chi connectivity index (χ2n) is 5.12. The number of hydrogen-bond acceptors (Lipinski definition) is 4. The number of aryl methyl sites for hydroxylation is 1. The van der Waals surface area contributed by atoms with Gasteiger partial charge in [-0.05, 0) is 38.0 Å². The Kier molecular flexibility index (Phi) is 3.29. The summed E-state index contributed by atoms with van der Waals surface area (Å²) in [5.41, 5.74) is 1.24. The van der Waals surface area contributed by atoms with Crippen molar-refractivity contribution in [2.24, 2.45) is 0 Å². The zero-order chi connectivity index (χ0) is 13.2. The zero-order valence-electron chi connectivity index (χ0n) is 11.4. The molecule has 1 N–H and O–H groups in total. The molecule has 0 bridgehead atoms. The van der Waals surface area contributed by atoms with E-state index in [-0.39, 0.29) is 12.1 Å². The van der Waals surface area contributed by atoms with Crippen molar-refractivity contribution < 1.29 is 0 Å². The number of nitrogens with one attached hydrogen (secondary N) is 1. The van der Waals surface area contributed by atoms with E-state index in [4.69, 9.17) is 0 Å². The molecule has 2 unspecified atom stereocenters. The highest BCUT2D eigenvalue weighted by Gasteiger charge is 2.22. The Hall–Kier alpha value is -1.75. The molecule has 0 saturated carbocycles. The Morgan fingerprint density at radius 1 is 1.16 bits per heavy atom. The van der Waals surface area contributed by atoms with E-state index in [2.05, 4.69) is 38.9 Å². The molecule has 100 valence electrons. The van der Waals surface area contributed by atoms with Crippen LogP contribution in [0.1, 0.15) is 49.6 Å². The van der Waals surface area contributed by atoms with Gasteiger partial charge in [0.1, 0.15) is 11.6 Å². The number of rotatable bonds is 4. The number of hydrogen-bond donors (Lipinski definition) is 1. The van der Waals surface area contributed by atoms with Crippen molar-refractivity contribution in [3.05, 3.63) is 41.7 Å². The lowest BCUT2D eigenvalue weighted by Gasteiger charge is -2.20. The van der Waals surface area contributed by atoms with Crippen molar-refractivity contribution in [1.29, 1.82) is 0 Å². The average Bonchev–Trinajstić information content (AvgIpc) is 3.01. The fourth-order valence-corrected chi connectivity index (χ4v) is 2.69. The van der Waals surface area contributed by atoms with Crippen molar-refractivity contribution in [2.45, 2.75) is 45.3 Å². The number of fused-ring (bicyclic) bond motifs is 1. The van der Waals surface area contributed by atoms with Crippen LogP contribution in [0.5, 0.6) is 0 Å². The molecule has 0 spiro atoms. The van der Waals surface area contributed by atoms with Crippen LogP contribution in [0.25, 0.3) is 0 Å². The topological polar surface area (TPSA) is 55.6 Å². The lowest BCUT2D eigenvalue weighted by Crippen LogP contribution is -2.25. The van der Waals surface area contributed by atoms with Gasteiger partial charge in [-0.25, -0.2) is 0 Å². The summed E-state index contributed by atoms with van der Waals surface area (Å²) >= 11 is 0. The highest BCUT2D eigenvalue weighted by atomic mass is 15.3. The van der Waals surface area contributed by atoms with Crippen LogP contribution in [0, 0.1) is 0 Å². The third-order valence-corrected chi connectivity index (χ3v) is 3.73. The SMILES string of the molecule is CC(NC(C)c1nnc2n1CCC2)c1ccncc1. The first-order chi connectivity index (χ1) is 9.25. The highest BCUT2D eigenvalue weighted by molar-refractivity contribution is 5.15. The van der Waals surface area contributed by atoms with Crippen molar-refractivity contribution in [3.8, 4) is 0 Å². The van der Waals surface area contributed by atoms with Gasteiger partial charge < -0.3 is 9.88 Å². The van der Waals surface area contributed by atoms with Gasteiger partial charge in [-0.15, -0.1) is 10.2 Å². The summed E-state index contributed by atoms with van der Waals surface area (Å²) in [6.45, 7) is 5.35.